The van der Waals surface area contributed by atoms with E-state index in [4.69, 9.17) is 10.5 Å². The molecule has 0 amide bonds. The van der Waals surface area contributed by atoms with Crippen LogP contribution in [0.2, 0.25) is 0 Å². The Morgan fingerprint density at radius 2 is 2.18 bits per heavy atom. The average molecular weight is 302 g/mol. The minimum absolute atomic E-state index is 0.461. The number of nitrogens with one attached hydrogen (secondary N) is 1. The first kappa shape index (κ1) is 12.6. The standard InChI is InChI=1S/C11H16BrN3O2/c12-8-5-14-6-9(13)10(8)15-7-11(16)1-3-17-4-2-11/h5-6,16H,1-4,7,13H2,(H,14,15). The van der Waals surface area contributed by atoms with E-state index in [0.29, 0.717) is 38.3 Å². The first-order valence-corrected chi connectivity index (χ1v) is 6.33. The zero-order chi connectivity index (χ0) is 12.3. The van der Waals surface area contributed by atoms with Gasteiger partial charge in [0.2, 0.25) is 0 Å². The lowest BCUT2D eigenvalue weighted by molar-refractivity contribution is -0.0543. The number of pyridine rings is 1. The monoisotopic (exact) mass is 301 g/mol. The number of rotatable bonds is 3. The molecule has 1 fully saturated rings. The summed E-state index contributed by atoms with van der Waals surface area (Å²) in [5.41, 5.74) is 6.45. The van der Waals surface area contributed by atoms with Gasteiger partial charge < -0.3 is 20.9 Å². The Bertz CT molecular complexity index is 374. The molecule has 0 unspecified atom stereocenters. The van der Waals surface area contributed by atoms with Crippen molar-refractivity contribution in [2.24, 2.45) is 0 Å². The van der Waals surface area contributed by atoms with Gasteiger partial charge in [0.05, 0.1) is 27.6 Å². The van der Waals surface area contributed by atoms with Gasteiger partial charge in [-0.2, -0.15) is 0 Å². The van der Waals surface area contributed by atoms with Gasteiger partial charge in [-0.05, 0) is 15.9 Å². The maximum atomic E-state index is 10.3. The van der Waals surface area contributed by atoms with Crippen molar-refractivity contribution in [3.8, 4) is 0 Å². The van der Waals surface area contributed by atoms with Crippen LogP contribution < -0.4 is 11.1 Å². The molecule has 1 aromatic heterocycles. The van der Waals surface area contributed by atoms with E-state index in [1.165, 1.54) is 0 Å². The Morgan fingerprint density at radius 1 is 1.47 bits per heavy atom. The summed E-state index contributed by atoms with van der Waals surface area (Å²) < 4.78 is 6.03. The van der Waals surface area contributed by atoms with E-state index in [-0.39, 0.29) is 0 Å². The fourth-order valence-corrected chi connectivity index (χ4v) is 2.30. The lowest BCUT2D eigenvalue weighted by Crippen LogP contribution is -2.42. The minimum Gasteiger partial charge on any atom is -0.396 e. The number of anilines is 2. The quantitative estimate of drug-likeness (QED) is 0.786. The molecular formula is C11H16BrN3O2. The van der Waals surface area contributed by atoms with Gasteiger partial charge in [-0.15, -0.1) is 0 Å². The second kappa shape index (κ2) is 5.20. The summed E-state index contributed by atoms with van der Waals surface area (Å²) in [6.07, 6.45) is 4.54. The Labute approximate surface area is 108 Å². The summed E-state index contributed by atoms with van der Waals surface area (Å²) >= 11 is 3.38. The highest BCUT2D eigenvalue weighted by Gasteiger charge is 2.29. The van der Waals surface area contributed by atoms with Crippen molar-refractivity contribution in [3.05, 3.63) is 16.9 Å². The third-order valence-electron chi connectivity index (χ3n) is 2.95. The number of hydrogen-bond acceptors (Lipinski definition) is 5. The van der Waals surface area contributed by atoms with E-state index in [1.807, 2.05) is 0 Å². The van der Waals surface area contributed by atoms with Gasteiger partial charge in [0.25, 0.3) is 0 Å². The largest absolute Gasteiger partial charge is 0.396 e. The summed E-state index contributed by atoms with van der Waals surface area (Å²) in [7, 11) is 0. The number of aliphatic hydroxyl groups is 1. The smallest absolute Gasteiger partial charge is 0.0863 e. The van der Waals surface area contributed by atoms with Crippen LogP contribution in [0.5, 0.6) is 0 Å². The molecule has 0 atom stereocenters. The molecule has 4 N–H and O–H groups in total. The SMILES string of the molecule is Nc1cncc(Br)c1NCC1(O)CCOCC1. The van der Waals surface area contributed by atoms with Crippen molar-refractivity contribution in [1.82, 2.24) is 4.98 Å². The van der Waals surface area contributed by atoms with Crippen molar-refractivity contribution in [3.63, 3.8) is 0 Å². The molecule has 6 heteroatoms. The third kappa shape index (κ3) is 3.08. The number of nitrogens with two attached hydrogens (primary N) is 1. The molecule has 0 radical (unpaired) electrons. The predicted octanol–water partition coefficient (Wildman–Crippen LogP) is 1.38. The fourth-order valence-electron chi connectivity index (χ4n) is 1.82. The van der Waals surface area contributed by atoms with E-state index in [2.05, 4.69) is 26.2 Å². The molecular weight excluding hydrogens is 286 g/mol. The van der Waals surface area contributed by atoms with Crippen LogP contribution in [0.4, 0.5) is 11.4 Å². The normalized spacial score (nSPS) is 18.9. The number of halogens is 1. The van der Waals surface area contributed by atoms with Crippen LogP contribution in [0.25, 0.3) is 0 Å². The van der Waals surface area contributed by atoms with Crippen LogP contribution in [0.3, 0.4) is 0 Å². The van der Waals surface area contributed by atoms with Crippen LogP contribution in [0, 0.1) is 0 Å². The van der Waals surface area contributed by atoms with Crippen molar-refractivity contribution in [2.75, 3.05) is 30.8 Å². The number of nitrogens with zero attached hydrogens (tertiary/aromatic N) is 1. The Kier molecular flexibility index (Phi) is 3.86. The topological polar surface area (TPSA) is 80.4 Å². The molecule has 1 aliphatic rings. The van der Waals surface area contributed by atoms with Crippen LogP contribution in [0.1, 0.15) is 12.8 Å². The Hall–Kier alpha value is -0.850. The third-order valence-corrected chi connectivity index (χ3v) is 3.55. The second-order valence-corrected chi connectivity index (χ2v) is 5.13. The highest BCUT2D eigenvalue weighted by Crippen LogP contribution is 2.29. The Balaban J connectivity index is 2.02. The molecule has 94 valence electrons. The van der Waals surface area contributed by atoms with Crippen LogP contribution >= 0.6 is 15.9 Å². The summed E-state index contributed by atoms with van der Waals surface area (Å²) in [6, 6.07) is 0. The molecule has 5 nitrogen and oxygen atoms in total. The minimum atomic E-state index is -0.715. The first-order valence-electron chi connectivity index (χ1n) is 5.54. The van der Waals surface area contributed by atoms with E-state index < -0.39 is 5.60 Å². The number of nitrogen functional groups attached to an aromatic ring is 1. The summed E-state index contributed by atoms with van der Waals surface area (Å²) in [5.74, 6) is 0. The van der Waals surface area contributed by atoms with Gasteiger partial charge in [0.1, 0.15) is 0 Å². The van der Waals surface area contributed by atoms with Gasteiger partial charge in [0, 0.05) is 38.8 Å². The predicted molar refractivity (Wildman–Crippen MR) is 69.8 cm³/mol. The average Bonchev–Trinajstić information content (AvgIpc) is 2.29. The molecule has 17 heavy (non-hydrogen) atoms. The number of hydrogen-bond donors (Lipinski definition) is 3. The van der Waals surface area contributed by atoms with Gasteiger partial charge in [-0.1, -0.05) is 0 Å². The lowest BCUT2D eigenvalue weighted by atomic mass is 9.94. The summed E-state index contributed by atoms with van der Waals surface area (Å²) in [5, 5.41) is 13.5. The zero-order valence-electron chi connectivity index (χ0n) is 9.45. The van der Waals surface area contributed by atoms with E-state index in [9.17, 15) is 5.11 Å². The lowest BCUT2D eigenvalue weighted by Gasteiger charge is -2.32. The molecule has 1 saturated heterocycles. The highest BCUT2D eigenvalue weighted by molar-refractivity contribution is 9.10. The van der Waals surface area contributed by atoms with Crippen molar-refractivity contribution in [1.29, 1.82) is 0 Å². The molecule has 0 bridgehead atoms. The molecule has 2 heterocycles. The molecule has 0 aliphatic carbocycles. The molecule has 2 rings (SSSR count). The van der Waals surface area contributed by atoms with Crippen LogP contribution in [-0.4, -0.2) is 35.5 Å². The van der Waals surface area contributed by atoms with Crippen molar-refractivity contribution in [2.45, 2.75) is 18.4 Å². The summed E-state index contributed by atoms with van der Waals surface area (Å²) in [4.78, 5) is 3.96. The summed E-state index contributed by atoms with van der Waals surface area (Å²) in [6.45, 7) is 1.67. The van der Waals surface area contributed by atoms with Crippen LogP contribution in [0.15, 0.2) is 16.9 Å². The zero-order valence-corrected chi connectivity index (χ0v) is 11.0. The van der Waals surface area contributed by atoms with Crippen molar-refractivity contribution >= 4 is 27.3 Å². The molecule has 1 aromatic rings. The maximum absolute atomic E-state index is 10.3. The maximum Gasteiger partial charge on any atom is 0.0863 e. The van der Waals surface area contributed by atoms with Gasteiger partial charge in [-0.3, -0.25) is 4.98 Å². The first-order chi connectivity index (χ1) is 8.11. The number of ether oxygens (including phenoxy) is 1. The van der Waals surface area contributed by atoms with Gasteiger partial charge in [0.15, 0.2) is 0 Å². The molecule has 0 saturated carbocycles. The highest BCUT2D eigenvalue weighted by atomic mass is 79.9. The van der Waals surface area contributed by atoms with Gasteiger partial charge >= 0.3 is 0 Å². The van der Waals surface area contributed by atoms with E-state index in [0.717, 1.165) is 10.2 Å². The molecule has 0 spiro atoms. The second-order valence-electron chi connectivity index (χ2n) is 4.28. The van der Waals surface area contributed by atoms with E-state index >= 15 is 0 Å². The number of aromatic nitrogens is 1. The Morgan fingerprint density at radius 3 is 2.82 bits per heavy atom. The van der Waals surface area contributed by atoms with E-state index in [1.54, 1.807) is 12.4 Å². The molecule has 0 aromatic carbocycles. The van der Waals surface area contributed by atoms with Gasteiger partial charge in [-0.25, -0.2) is 0 Å². The molecule has 1 aliphatic heterocycles. The van der Waals surface area contributed by atoms with Crippen molar-refractivity contribution < 1.29 is 9.84 Å². The fraction of sp³-hybridized carbons (Fsp3) is 0.545. The van der Waals surface area contributed by atoms with Crippen LogP contribution in [-0.2, 0) is 4.74 Å².